The molecule has 0 atom stereocenters. The van der Waals surface area contributed by atoms with Gasteiger partial charge in [0.15, 0.2) is 0 Å². The van der Waals surface area contributed by atoms with Gasteiger partial charge in [-0.3, -0.25) is 4.98 Å². The van der Waals surface area contributed by atoms with Crippen LogP contribution in [0.4, 0.5) is 11.4 Å². The van der Waals surface area contributed by atoms with Gasteiger partial charge < -0.3 is 10.6 Å². The first-order valence-corrected chi connectivity index (χ1v) is 6.73. The second-order valence-electron chi connectivity index (χ2n) is 5.11. The summed E-state index contributed by atoms with van der Waals surface area (Å²) < 4.78 is 0. The highest BCUT2D eigenvalue weighted by Crippen LogP contribution is 2.34. The average Bonchev–Trinajstić information content (AvgIpc) is 3.31. The van der Waals surface area contributed by atoms with Gasteiger partial charge in [0, 0.05) is 24.5 Å². The Hall–Kier alpha value is -2.54. The first-order valence-electron chi connectivity index (χ1n) is 6.73. The minimum absolute atomic E-state index is 0.517. The van der Waals surface area contributed by atoms with E-state index < -0.39 is 0 Å². The van der Waals surface area contributed by atoms with Gasteiger partial charge in [0.05, 0.1) is 17.4 Å². The number of hydrogen-bond donors (Lipinski definition) is 1. The Balaban J connectivity index is 1.90. The minimum Gasteiger partial charge on any atom is -0.399 e. The van der Waals surface area contributed by atoms with Crippen molar-refractivity contribution < 1.29 is 0 Å². The molecule has 1 heterocycles. The van der Waals surface area contributed by atoms with Gasteiger partial charge in [-0.2, -0.15) is 5.26 Å². The number of nitrogen functional groups attached to an aromatic ring is 1. The van der Waals surface area contributed by atoms with Gasteiger partial charge in [0.1, 0.15) is 6.07 Å². The molecule has 100 valence electrons. The normalized spacial score (nSPS) is 13.8. The second-order valence-corrected chi connectivity index (χ2v) is 5.11. The van der Waals surface area contributed by atoms with Crippen molar-refractivity contribution in [1.29, 1.82) is 5.26 Å². The lowest BCUT2D eigenvalue weighted by Gasteiger charge is -2.25. The van der Waals surface area contributed by atoms with Crippen LogP contribution >= 0.6 is 0 Å². The zero-order chi connectivity index (χ0) is 13.9. The van der Waals surface area contributed by atoms with Crippen LogP contribution < -0.4 is 10.6 Å². The van der Waals surface area contributed by atoms with Crippen LogP contribution in [-0.2, 0) is 6.54 Å². The van der Waals surface area contributed by atoms with Crippen molar-refractivity contribution in [2.75, 3.05) is 10.6 Å². The summed E-state index contributed by atoms with van der Waals surface area (Å²) >= 11 is 0. The molecule has 0 bridgehead atoms. The van der Waals surface area contributed by atoms with E-state index in [9.17, 15) is 5.26 Å². The minimum atomic E-state index is 0.517. The van der Waals surface area contributed by atoms with Crippen molar-refractivity contribution in [3.05, 3.63) is 53.9 Å². The molecule has 0 aliphatic heterocycles. The maximum atomic E-state index is 9.25. The lowest BCUT2D eigenvalue weighted by atomic mass is 10.1. The van der Waals surface area contributed by atoms with Crippen molar-refractivity contribution in [1.82, 2.24) is 4.98 Å². The molecule has 1 aliphatic carbocycles. The van der Waals surface area contributed by atoms with E-state index in [2.05, 4.69) is 16.0 Å². The van der Waals surface area contributed by atoms with Crippen LogP contribution in [0.15, 0.2) is 42.7 Å². The van der Waals surface area contributed by atoms with Gasteiger partial charge in [-0.05, 0) is 36.6 Å². The van der Waals surface area contributed by atoms with E-state index in [0.29, 0.717) is 11.6 Å². The molecule has 1 aromatic carbocycles. The Morgan fingerprint density at radius 2 is 2.00 bits per heavy atom. The SMILES string of the molecule is N#Cc1ccncc1N(Cc1ccc(N)cc1)C1CC1. The predicted octanol–water partition coefficient (Wildman–Crippen LogP) is 2.70. The molecule has 1 aliphatic rings. The van der Waals surface area contributed by atoms with Crippen molar-refractivity contribution in [3.63, 3.8) is 0 Å². The Morgan fingerprint density at radius 3 is 2.65 bits per heavy atom. The second kappa shape index (κ2) is 5.22. The molecule has 0 amide bonds. The van der Waals surface area contributed by atoms with Crippen LogP contribution in [0, 0.1) is 11.3 Å². The van der Waals surface area contributed by atoms with Crippen molar-refractivity contribution in [3.8, 4) is 6.07 Å². The molecule has 4 heteroatoms. The number of aromatic nitrogens is 1. The molecule has 1 saturated carbocycles. The standard InChI is InChI=1S/C16H16N4/c17-9-13-7-8-19-10-16(13)20(15-5-6-15)11-12-1-3-14(18)4-2-12/h1-4,7-8,10,15H,5-6,11,18H2. The van der Waals surface area contributed by atoms with Crippen molar-refractivity contribution in [2.24, 2.45) is 0 Å². The summed E-state index contributed by atoms with van der Waals surface area (Å²) in [6.07, 6.45) is 5.80. The molecule has 20 heavy (non-hydrogen) atoms. The highest BCUT2D eigenvalue weighted by atomic mass is 15.2. The van der Waals surface area contributed by atoms with Crippen LogP contribution in [0.3, 0.4) is 0 Å². The fourth-order valence-corrected chi connectivity index (χ4v) is 2.33. The molecule has 0 unspecified atom stereocenters. The third-order valence-corrected chi connectivity index (χ3v) is 3.55. The maximum absolute atomic E-state index is 9.25. The van der Waals surface area contributed by atoms with Gasteiger partial charge in [-0.1, -0.05) is 12.1 Å². The lowest BCUT2D eigenvalue weighted by Crippen LogP contribution is -2.26. The van der Waals surface area contributed by atoms with E-state index in [0.717, 1.165) is 17.9 Å². The fourth-order valence-electron chi connectivity index (χ4n) is 2.33. The van der Waals surface area contributed by atoms with E-state index in [-0.39, 0.29) is 0 Å². The molecule has 3 rings (SSSR count). The molecule has 0 saturated heterocycles. The molecule has 2 aromatic rings. The van der Waals surface area contributed by atoms with Gasteiger partial charge >= 0.3 is 0 Å². The summed E-state index contributed by atoms with van der Waals surface area (Å²) in [5.74, 6) is 0. The molecule has 1 fully saturated rings. The van der Waals surface area contributed by atoms with E-state index >= 15 is 0 Å². The Morgan fingerprint density at radius 1 is 1.25 bits per heavy atom. The predicted molar refractivity (Wildman–Crippen MR) is 79.0 cm³/mol. The Bertz CT molecular complexity index is 638. The molecule has 1 aromatic heterocycles. The Labute approximate surface area is 118 Å². The third kappa shape index (κ3) is 2.57. The highest BCUT2D eigenvalue weighted by molar-refractivity contribution is 5.59. The van der Waals surface area contributed by atoms with Crippen LogP contribution in [0.2, 0.25) is 0 Å². The van der Waals surface area contributed by atoms with E-state index in [1.807, 2.05) is 24.3 Å². The summed E-state index contributed by atoms with van der Waals surface area (Å²) in [5.41, 5.74) is 9.29. The summed E-state index contributed by atoms with van der Waals surface area (Å²) in [6.45, 7) is 0.783. The van der Waals surface area contributed by atoms with Gasteiger partial charge in [0.25, 0.3) is 0 Å². The lowest BCUT2D eigenvalue weighted by molar-refractivity contribution is 0.790. The number of nitrogens with two attached hydrogens (primary N) is 1. The summed E-state index contributed by atoms with van der Waals surface area (Å²) in [4.78, 5) is 6.44. The number of pyridine rings is 1. The summed E-state index contributed by atoms with van der Waals surface area (Å²) in [6, 6.07) is 12.4. The number of rotatable bonds is 4. The largest absolute Gasteiger partial charge is 0.399 e. The topological polar surface area (TPSA) is 65.9 Å². The van der Waals surface area contributed by atoms with Gasteiger partial charge in [-0.15, -0.1) is 0 Å². The van der Waals surface area contributed by atoms with E-state index in [4.69, 9.17) is 5.73 Å². The number of nitriles is 1. The first-order chi connectivity index (χ1) is 9.78. The molecular formula is C16H16N4. The number of hydrogen-bond acceptors (Lipinski definition) is 4. The van der Waals surface area contributed by atoms with E-state index in [1.54, 1.807) is 18.5 Å². The zero-order valence-corrected chi connectivity index (χ0v) is 11.2. The quantitative estimate of drug-likeness (QED) is 0.862. The van der Waals surface area contributed by atoms with Gasteiger partial charge in [0.2, 0.25) is 0 Å². The molecule has 4 nitrogen and oxygen atoms in total. The van der Waals surface area contributed by atoms with Crippen LogP contribution in [0.5, 0.6) is 0 Å². The zero-order valence-electron chi connectivity index (χ0n) is 11.2. The monoisotopic (exact) mass is 264 g/mol. The Kier molecular flexibility index (Phi) is 3.26. The van der Waals surface area contributed by atoms with Crippen LogP contribution in [0.1, 0.15) is 24.0 Å². The molecule has 2 N–H and O–H groups in total. The van der Waals surface area contributed by atoms with Crippen molar-refractivity contribution in [2.45, 2.75) is 25.4 Å². The number of anilines is 2. The molecule has 0 spiro atoms. The number of benzene rings is 1. The molecular weight excluding hydrogens is 248 g/mol. The smallest absolute Gasteiger partial charge is 0.101 e. The van der Waals surface area contributed by atoms with Gasteiger partial charge in [-0.25, -0.2) is 0 Å². The highest BCUT2D eigenvalue weighted by Gasteiger charge is 2.30. The first kappa shape index (κ1) is 12.5. The summed E-state index contributed by atoms with van der Waals surface area (Å²) in [7, 11) is 0. The van der Waals surface area contributed by atoms with Crippen molar-refractivity contribution >= 4 is 11.4 Å². The van der Waals surface area contributed by atoms with Crippen LogP contribution in [0.25, 0.3) is 0 Å². The average molecular weight is 264 g/mol. The number of nitrogens with zero attached hydrogens (tertiary/aromatic N) is 3. The summed E-state index contributed by atoms with van der Waals surface area (Å²) in [5, 5.41) is 9.25. The molecule has 0 radical (unpaired) electrons. The third-order valence-electron chi connectivity index (χ3n) is 3.55. The van der Waals surface area contributed by atoms with Crippen LogP contribution in [-0.4, -0.2) is 11.0 Å². The maximum Gasteiger partial charge on any atom is 0.101 e. The van der Waals surface area contributed by atoms with E-state index in [1.165, 1.54) is 18.4 Å². The fraction of sp³-hybridized carbons (Fsp3) is 0.250.